The third-order valence-electron chi connectivity index (χ3n) is 2.78. The molecular formula is C12H10Cl2O. The van der Waals surface area contributed by atoms with Crippen molar-refractivity contribution in [2.45, 2.75) is 18.8 Å². The van der Waals surface area contributed by atoms with Crippen molar-refractivity contribution in [2.24, 2.45) is 0 Å². The topological polar surface area (TPSA) is 17.1 Å². The highest BCUT2D eigenvalue weighted by molar-refractivity contribution is 6.35. The highest BCUT2D eigenvalue weighted by atomic mass is 35.5. The predicted octanol–water partition coefficient (Wildman–Crippen LogP) is 4.00. The summed E-state index contributed by atoms with van der Waals surface area (Å²) in [6, 6.07) is 5.37. The van der Waals surface area contributed by atoms with E-state index >= 15 is 0 Å². The van der Waals surface area contributed by atoms with E-state index in [0.717, 1.165) is 12.0 Å². The van der Waals surface area contributed by atoms with Gasteiger partial charge in [0.2, 0.25) is 0 Å². The van der Waals surface area contributed by atoms with Gasteiger partial charge in [0, 0.05) is 22.4 Å². The molecule has 1 unspecified atom stereocenters. The van der Waals surface area contributed by atoms with E-state index in [2.05, 4.69) is 6.58 Å². The lowest BCUT2D eigenvalue weighted by Crippen LogP contribution is -1.99. The molecule has 1 nitrogen and oxygen atoms in total. The van der Waals surface area contributed by atoms with Gasteiger partial charge in [-0.2, -0.15) is 0 Å². The average Bonchev–Trinajstić information content (AvgIpc) is 2.49. The van der Waals surface area contributed by atoms with Crippen molar-refractivity contribution in [1.29, 1.82) is 0 Å². The second-order valence-electron chi connectivity index (χ2n) is 3.71. The summed E-state index contributed by atoms with van der Waals surface area (Å²) < 4.78 is 0. The molecule has 15 heavy (non-hydrogen) atoms. The molecule has 1 saturated carbocycles. The van der Waals surface area contributed by atoms with Gasteiger partial charge in [-0.1, -0.05) is 35.8 Å². The van der Waals surface area contributed by atoms with Crippen molar-refractivity contribution in [1.82, 2.24) is 0 Å². The van der Waals surface area contributed by atoms with Crippen LogP contribution in [0.2, 0.25) is 10.0 Å². The van der Waals surface area contributed by atoms with Gasteiger partial charge in [-0.05, 0) is 29.7 Å². The Bertz CT molecular complexity index is 437. The third kappa shape index (κ3) is 1.95. The van der Waals surface area contributed by atoms with Gasteiger partial charge in [0.1, 0.15) is 0 Å². The minimum absolute atomic E-state index is 0.0715. The summed E-state index contributed by atoms with van der Waals surface area (Å²) in [6.45, 7) is 3.82. The van der Waals surface area contributed by atoms with E-state index in [1.54, 1.807) is 12.1 Å². The Labute approximate surface area is 98.7 Å². The lowest BCUT2D eigenvalue weighted by molar-refractivity contribution is -0.114. The lowest BCUT2D eigenvalue weighted by Gasteiger charge is -2.12. The molecule has 0 N–H and O–H groups in total. The number of allylic oxidation sites excluding steroid dienone is 1. The monoisotopic (exact) mass is 240 g/mol. The van der Waals surface area contributed by atoms with Gasteiger partial charge >= 0.3 is 0 Å². The first kappa shape index (κ1) is 10.7. The number of ketones is 1. The highest BCUT2D eigenvalue weighted by Crippen LogP contribution is 2.39. The summed E-state index contributed by atoms with van der Waals surface area (Å²) in [4.78, 5) is 11.4. The van der Waals surface area contributed by atoms with Crippen molar-refractivity contribution in [3.63, 3.8) is 0 Å². The minimum Gasteiger partial charge on any atom is -0.295 e. The maximum Gasteiger partial charge on any atom is 0.158 e. The standard InChI is InChI=1S/C12H10Cl2O/c1-7-9(4-5-12(7)15)10-3-2-8(13)6-11(10)14/h2-3,6,9H,1,4-5H2. The van der Waals surface area contributed by atoms with Crippen molar-refractivity contribution in [2.75, 3.05) is 0 Å². The van der Waals surface area contributed by atoms with Crippen LogP contribution in [0.5, 0.6) is 0 Å². The smallest absolute Gasteiger partial charge is 0.158 e. The average molecular weight is 241 g/mol. The quantitative estimate of drug-likeness (QED) is 0.679. The van der Waals surface area contributed by atoms with Crippen LogP contribution in [0, 0.1) is 0 Å². The van der Waals surface area contributed by atoms with Crippen molar-refractivity contribution >= 4 is 29.0 Å². The molecule has 1 aromatic rings. The number of halogens is 2. The molecule has 0 spiro atoms. The molecule has 0 aliphatic heterocycles. The van der Waals surface area contributed by atoms with Crippen molar-refractivity contribution in [3.05, 3.63) is 46.0 Å². The number of benzene rings is 1. The SMILES string of the molecule is C=C1C(=O)CCC1c1ccc(Cl)cc1Cl. The molecule has 0 aromatic heterocycles. The Morgan fingerprint density at radius 2 is 2.07 bits per heavy atom. The largest absolute Gasteiger partial charge is 0.295 e. The fraction of sp³-hybridized carbons (Fsp3) is 0.250. The fourth-order valence-electron chi connectivity index (χ4n) is 1.93. The maximum absolute atomic E-state index is 11.4. The number of hydrogen-bond donors (Lipinski definition) is 0. The van der Waals surface area contributed by atoms with E-state index in [9.17, 15) is 4.79 Å². The Morgan fingerprint density at radius 3 is 2.60 bits per heavy atom. The summed E-state index contributed by atoms with van der Waals surface area (Å²) in [5.41, 5.74) is 1.62. The van der Waals surface area contributed by atoms with E-state index < -0.39 is 0 Å². The predicted molar refractivity (Wildman–Crippen MR) is 62.6 cm³/mol. The zero-order chi connectivity index (χ0) is 11.0. The summed E-state index contributed by atoms with van der Waals surface area (Å²) >= 11 is 11.9. The summed E-state index contributed by atoms with van der Waals surface area (Å²) in [6.07, 6.45) is 1.38. The third-order valence-corrected chi connectivity index (χ3v) is 3.34. The van der Waals surface area contributed by atoms with Gasteiger partial charge in [0.25, 0.3) is 0 Å². The normalized spacial score (nSPS) is 21.1. The second kappa shape index (κ2) is 3.99. The fourth-order valence-corrected chi connectivity index (χ4v) is 2.47. The zero-order valence-electron chi connectivity index (χ0n) is 8.09. The number of hydrogen-bond acceptors (Lipinski definition) is 1. The first-order valence-corrected chi connectivity index (χ1v) is 5.52. The summed E-state index contributed by atoms with van der Waals surface area (Å²) in [7, 11) is 0. The van der Waals surface area contributed by atoms with Crippen molar-refractivity contribution < 1.29 is 4.79 Å². The van der Waals surface area contributed by atoms with Gasteiger partial charge in [0.15, 0.2) is 5.78 Å². The van der Waals surface area contributed by atoms with Crippen LogP contribution in [0.3, 0.4) is 0 Å². The van der Waals surface area contributed by atoms with Gasteiger partial charge < -0.3 is 0 Å². The van der Waals surface area contributed by atoms with Gasteiger partial charge in [-0.15, -0.1) is 0 Å². The van der Waals surface area contributed by atoms with E-state index in [4.69, 9.17) is 23.2 Å². The molecule has 0 heterocycles. The van der Waals surface area contributed by atoms with E-state index in [0.29, 0.717) is 22.0 Å². The molecule has 1 aromatic carbocycles. The molecule has 3 heteroatoms. The summed E-state index contributed by atoms with van der Waals surface area (Å²) in [5.74, 6) is 0.216. The van der Waals surface area contributed by atoms with Crippen LogP contribution in [0.1, 0.15) is 24.3 Å². The van der Waals surface area contributed by atoms with Crippen LogP contribution >= 0.6 is 23.2 Å². The first-order valence-electron chi connectivity index (χ1n) is 4.76. The molecular weight excluding hydrogens is 231 g/mol. The van der Waals surface area contributed by atoms with Crippen LogP contribution in [0.25, 0.3) is 0 Å². The maximum atomic E-state index is 11.4. The zero-order valence-corrected chi connectivity index (χ0v) is 9.61. The van der Waals surface area contributed by atoms with Crippen LogP contribution in [0.4, 0.5) is 0 Å². The highest BCUT2D eigenvalue weighted by Gasteiger charge is 2.29. The van der Waals surface area contributed by atoms with Gasteiger partial charge in [-0.3, -0.25) is 4.79 Å². The second-order valence-corrected chi connectivity index (χ2v) is 4.55. The van der Waals surface area contributed by atoms with E-state index in [1.807, 2.05) is 6.07 Å². The molecule has 1 atom stereocenters. The summed E-state index contributed by atoms with van der Waals surface area (Å²) in [5, 5.41) is 1.22. The van der Waals surface area contributed by atoms with E-state index in [1.165, 1.54) is 0 Å². The molecule has 0 bridgehead atoms. The number of Topliss-reactive ketones (excluding diaryl/α,β-unsaturated/α-hetero) is 1. The minimum atomic E-state index is 0.0715. The molecule has 0 saturated heterocycles. The molecule has 78 valence electrons. The lowest BCUT2D eigenvalue weighted by atomic mass is 9.94. The molecule has 0 radical (unpaired) electrons. The van der Waals surface area contributed by atoms with Crippen molar-refractivity contribution in [3.8, 4) is 0 Å². The number of rotatable bonds is 1. The first-order chi connectivity index (χ1) is 7.09. The van der Waals surface area contributed by atoms with Crippen LogP contribution in [0.15, 0.2) is 30.4 Å². The van der Waals surface area contributed by atoms with Gasteiger partial charge in [-0.25, -0.2) is 0 Å². The van der Waals surface area contributed by atoms with Crippen LogP contribution in [-0.4, -0.2) is 5.78 Å². The number of carbonyl (C=O) groups excluding carboxylic acids is 1. The Kier molecular flexibility index (Phi) is 2.85. The van der Waals surface area contributed by atoms with Crippen LogP contribution in [-0.2, 0) is 4.79 Å². The molecule has 1 aliphatic carbocycles. The molecule has 1 fully saturated rings. The molecule has 1 aliphatic rings. The van der Waals surface area contributed by atoms with Crippen LogP contribution < -0.4 is 0 Å². The number of carbonyl (C=O) groups is 1. The van der Waals surface area contributed by atoms with E-state index in [-0.39, 0.29) is 11.7 Å². The van der Waals surface area contributed by atoms with Gasteiger partial charge in [0.05, 0.1) is 0 Å². The Hall–Kier alpha value is -0.790. The molecule has 0 amide bonds. The Morgan fingerprint density at radius 1 is 1.33 bits per heavy atom. The molecule has 2 rings (SSSR count). The Balaban J connectivity index is 2.38.